The van der Waals surface area contributed by atoms with Crippen molar-refractivity contribution < 1.29 is 14.5 Å². The Morgan fingerprint density at radius 3 is 2.75 bits per heavy atom. The molecule has 110 valence electrons. The first kappa shape index (κ1) is 15.7. The van der Waals surface area contributed by atoms with Crippen molar-refractivity contribution in [3.63, 3.8) is 0 Å². The van der Waals surface area contributed by atoms with Crippen LogP contribution in [0.15, 0.2) is 18.2 Å². The number of hydrogen-bond acceptors (Lipinski definition) is 5. The normalized spacial score (nSPS) is 9.90. The molecule has 7 heteroatoms. The van der Waals surface area contributed by atoms with Gasteiger partial charge in [0.2, 0.25) is 5.91 Å². The van der Waals surface area contributed by atoms with Gasteiger partial charge in [-0.1, -0.05) is 6.92 Å². The number of carbonyl (C=O) groups is 1. The number of ether oxygens (including phenoxy) is 1. The SMILES string of the molecule is CCCC(=O)NCCNc1cc(OC)ccc1[N+](=O)[O-]. The van der Waals surface area contributed by atoms with Gasteiger partial charge >= 0.3 is 0 Å². The summed E-state index contributed by atoms with van der Waals surface area (Å²) in [5.74, 6) is 0.516. The summed E-state index contributed by atoms with van der Waals surface area (Å²) in [6.07, 6.45) is 1.28. The van der Waals surface area contributed by atoms with Crippen molar-refractivity contribution in [1.82, 2.24) is 5.32 Å². The fraction of sp³-hybridized carbons (Fsp3) is 0.462. The number of nitrogens with one attached hydrogen (secondary N) is 2. The van der Waals surface area contributed by atoms with Gasteiger partial charge in [0.05, 0.1) is 12.0 Å². The molecular weight excluding hydrogens is 262 g/mol. The van der Waals surface area contributed by atoms with E-state index in [4.69, 9.17) is 4.74 Å². The second kappa shape index (κ2) is 7.98. The molecular formula is C13H19N3O4. The molecule has 0 unspecified atom stereocenters. The lowest BCUT2D eigenvalue weighted by molar-refractivity contribution is -0.384. The molecule has 0 saturated carbocycles. The molecule has 0 aliphatic rings. The van der Waals surface area contributed by atoms with Gasteiger partial charge in [0.1, 0.15) is 11.4 Å². The first-order valence-electron chi connectivity index (χ1n) is 6.41. The van der Waals surface area contributed by atoms with Crippen molar-refractivity contribution in [1.29, 1.82) is 0 Å². The molecule has 2 N–H and O–H groups in total. The zero-order valence-electron chi connectivity index (χ0n) is 11.6. The van der Waals surface area contributed by atoms with Crippen LogP contribution in [-0.2, 0) is 4.79 Å². The summed E-state index contributed by atoms with van der Waals surface area (Å²) in [7, 11) is 1.50. The number of amides is 1. The van der Waals surface area contributed by atoms with Gasteiger partial charge in [-0.3, -0.25) is 14.9 Å². The predicted molar refractivity (Wildman–Crippen MR) is 76.1 cm³/mol. The fourth-order valence-corrected chi connectivity index (χ4v) is 1.66. The van der Waals surface area contributed by atoms with E-state index in [0.29, 0.717) is 30.9 Å². The maximum atomic E-state index is 11.3. The van der Waals surface area contributed by atoms with Crippen LogP contribution in [0.3, 0.4) is 0 Å². The quantitative estimate of drug-likeness (QED) is 0.431. The highest BCUT2D eigenvalue weighted by Gasteiger charge is 2.14. The Balaban J connectivity index is 2.57. The Morgan fingerprint density at radius 2 is 2.15 bits per heavy atom. The van der Waals surface area contributed by atoms with E-state index in [-0.39, 0.29) is 11.6 Å². The third-order valence-corrected chi connectivity index (χ3v) is 2.64. The highest BCUT2D eigenvalue weighted by atomic mass is 16.6. The van der Waals surface area contributed by atoms with Crippen LogP contribution < -0.4 is 15.4 Å². The lowest BCUT2D eigenvalue weighted by Gasteiger charge is -2.09. The average molecular weight is 281 g/mol. The third kappa shape index (κ3) is 4.75. The van der Waals surface area contributed by atoms with Gasteiger partial charge in [0.15, 0.2) is 0 Å². The van der Waals surface area contributed by atoms with Crippen molar-refractivity contribution in [2.45, 2.75) is 19.8 Å². The highest BCUT2D eigenvalue weighted by molar-refractivity contribution is 5.75. The van der Waals surface area contributed by atoms with E-state index in [1.165, 1.54) is 19.2 Å². The number of benzene rings is 1. The molecule has 0 aromatic heterocycles. The summed E-state index contributed by atoms with van der Waals surface area (Å²) >= 11 is 0. The molecule has 0 aliphatic heterocycles. The van der Waals surface area contributed by atoms with Crippen LogP contribution >= 0.6 is 0 Å². The smallest absolute Gasteiger partial charge is 0.292 e. The maximum absolute atomic E-state index is 11.3. The van der Waals surface area contributed by atoms with Crippen LogP contribution in [0.5, 0.6) is 5.75 Å². The summed E-state index contributed by atoms with van der Waals surface area (Å²) < 4.78 is 5.03. The Kier molecular flexibility index (Phi) is 6.28. The Hall–Kier alpha value is -2.31. The zero-order valence-corrected chi connectivity index (χ0v) is 11.6. The molecule has 0 atom stereocenters. The molecule has 1 amide bonds. The standard InChI is InChI=1S/C13H19N3O4/c1-3-4-13(17)15-8-7-14-11-9-10(20-2)5-6-12(11)16(18)19/h5-6,9,14H,3-4,7-8H2,1-2H3,(H,15,17). The average Bonchev–Trinajstić information content (AvgIpc) is 2.43. The lowest BCUT2D eigenvalue weighted by Crippen LogP contribution is -2.28. The fourth-order valence-electron chi connectivity index (χ4n) is 1.66. The highest BCUT2D eigenvalue weighted by Crippen LogP contribution is 2.28. The summed E-state index contributed by atoms with van der Waals surface area (Å²) in [6, 6.07) is 4.48. The van der Waals surface area contributed by atoms with Gasteiger partial charge in [-0.25, -0.2) is 0 Å². The summed E-state index contributed by atoms with van der Waals surface area (Å²) in [4.78, 5) is 21.7. The molecule has 0 heterocycles. The Morgan fingerprint density at radius 1 is 1.40 bits per heavy atom. The Bertz CT molecular complexity index is 477. The van der Waals surface area contributed by atoms with Crippen molar-refractivity contribution in [2.75, 3.05) is 25.5 Å². The van der Waals surface area contributed by atoms with Gasteiger partial charge < -0.3 is 15.4 Å². The molecule has 7 nitrogen and oxygen atoms in total. The molecule has 0 spiro atoms. The molecule has 1 aromatic carbocycles. The number of rotatable bonds is 8. The summed E-state index contributed by atoms with van der Waals surface area (Å²) in [5.41, 5.74) is 0.352. The van der Waals surface area contributed by atoms with Crippen LogP contribution in [0, 0.1) is 10.1 Å². The van der Waals surface area contributed by atoms with E-state index in [9.17, 15) is 14.9 Å². The first-order valence-corrected chi connectivity index (χ1v) is 6.41. The molecule has 0 radical (unpaired) electrons. The lowest BCUT2D eigenvalue weighted by atomic mass is 10.2. The monoisotopic (exact) mass is 281 g/mol. The number of nitro benzene ring substituents is 1. The number of nitrogens with zero attached hydrogens (tertiary/aromatic N) is 1. The van der Waals surface area contributed by atoms with Crippen LogP contribution in [-0.4, -0.2) is 31.0 Å². The minimum atomic E-state index is -0.461. The number of methoxy groups -OCH3 is 1. The van der Waals surface area contributed by atoms with Crippen molar-refractivity contribution in [3.8, 4) is 5.75 Å². The van der Waals surface area contributed by atoms with Crippen LogP contribution in [0.2, 0.25) is 0 Å². The molecule has 1 rings (SSSR count). The number of hydrogen-bond donors (Lipinski definition) is 2. The van der Waals surface area contributed by atoms with Crippen LogP contribution in [0.1, 0.15) is 19.8 Å². The van der Waals surface area contributed by atoms with Crippen LogP contribution in [0.4, 0.5) is 11.4 Å². The largest absolute Gasteiger partial charge is 0.497 e. The molecule has 0 saturated heterocycles. The van der Waals surface area contributed by atoms with Crippen molar-refractivity contribution >= 4 is 17.3 Å². The van der Waals surface area contributed by atoms with Gasteiger partial charge in [-0.05, 0) is 12.5 Å². The second-order valence-electron chi connectivity index (χ2n) is 4.17. The molecule has 0 aliphatic carbocycles. The molecule has 0 bridgehead atoms. The van der Waals surface area contributed by atoms with E-state index in [1.807, 2.05) is 6.92 Å². The van der Waals surface area contributed by atoms with Crippen LogP contribution in [0.25, 0.3) is 0 Å². The number of carbonyl (C=O) groups excluding carboxylic acids is 1. The maximum Gasteiger partial charge on any atom is 0.292 e. The topological polar surface area (TPSA) is 93.5 Å². The van der Waals surface area contributed by atoms with E-state index < -0.39 is 4.92 Å². The number of nitro groups is 1. The Labute approximate surface area is 117 Å². The van der Waals surface area contributed by atoms with Gasteiger partial charge in [0.25, 0.3) is 5.69 Å². The minimum absolute atomic E-state index is 0.0190. The van der Waals surface area contributed by atoms with Crippen molar-refractivity contribution in [2.24, 2.45) is 0 Å². The second-order valence-corrected chi connectivity index (χ2v) is 4.17. The summed E-state index contributed by atoms with van der Waals surface area (Å²) in [6.45, 7) is 2.74. The van der Waals surface area contributed by atoms with E-state index >= 15 is 0 Å². The molecule has 1 aromatic rings. The first-order chi connectivity index (χ1) is 9.58. The van der Waals surface area contributed by atoms with E-state index in [2.05, 4.69) is 10.6 Å². The van der Waals surface area contributed by atoms with Gasteiger partial charge in [0, 0.05) is 31.6 Å². The van der Waals surface area contributed by atoms with Gasteiger partial charge in [-0.2, -0.15) is 0 Å². The van der Waals surface area contributed by atoms with Crippen molar-refractivity contribution in [3.05, 3.63) is 28.3 Å². The molecule has 0 fully saturated rings. The minimum Gasteiger partial charge on any atom is -0.497 e. The number of anilines is 1. The zero-order chi connectivity index (χ0) is 15.0. The predicted octanol–water partition coefficient (Wildman–Crippen LogP) is 1.93. The summed E-state index contributed by atoms with van der Waals surface area (Å²) in [5, 5.41) is 16.6. The van der Waals surface area contributed by atoms with E-state index in [1.54, 1.807) is 6.07 Å². The van der Waals surface area contributed by atoms with E-state index in [0.717, 1.165) is 6.42 Å². The molecule has 20 heavy (non-hydrogen) atoms. The third-order valence-electron chi connectivity index (χ3n) is 2.64. The van der Waals surface area contributed by atoms with Gasteiger partial charge in [-0.15, -0.1) is 0 Å².